The van der Waals surface area contributed by atoms with Gasteiger partial charge >= 0.3 is 0 Å². The molecule has 122 valence electrons. The van der Waals surface area contributed by atoms with Gasteiger partial charge in [0.2, 0.25) is 5.75 Å². The van der Waals surface area contributed by atoms with E-state index in [0.29, 0.717) is 35.2 Å². The van der Waals surface area contributed by atoms with Gasteiger partial charge < -0.3 is 18.9 Å². The number of carbonyl (C=O) groups excluding carboxylic acids is 1. The molecular formula is C18H20O5. The van der Waals surface area contributed by atoms with E-state index in [1.54, 1.807) is 39.5 Å². The molecule has 0 unspecified atom stereocenters. The lowest BCUT2D eigenvalue weighted by Gasteiger charge is -2.14. The maximum Gasteiger partial charge on any atom is 0.203 e. The van der Waals surface area contributed by atoms with Crippen molar-refractivity contribution in [3.05, 3.63) is 47.5 Å². The summed E-state index contributed by atoms with van der Waals surface area (Å²) < 4.78 is 21.7. The molecule has 0 aliphatic rings. The van der Waals surface area contributed by atoms with E-state index < -0.39 is 0 Å². The van der Waals surface area contributed by atoms with Crippen LogP contribution < -0.4 is 18.9 Å². The van der Waals surface area contributed by atoms with Gasteiger partial charge in [-0.15, -0.1) is 0 Å². The highest BCUT2D eigenvalue weighted by atomic mass is 16.5. The lowest BCUT2D eigenvalue weighted by atomic mass is 10.1. The molecule has 0 aliphatic carbocycles. The van der Waals surface area contributed by atoms with E-state index in [9.17, 15) is 4.79 Å². The van der Waals surface area contributed by atoms with Crippen LogP contribution in [0.4, 0.5) is 0 Å². The van der Waals surface area contributed by atoms with Crippen molar-refractivity contribution >= 4 is 5.78 Å². The molecule has 5 nitrogen and oxygen atoms in total. The summed E-state index contributed by atoms with van der Waals surface area (Å²) in [4.78, 5) is 11.4. The zero-order valence-electron chi connectivity index (χ0n) is 13.7. The number of ketones is 1. The Kier molecular flexibility index (Phi) is 5.46. The summed E-state index contributed by atoms with van der Waals surface area (Å²) in [5.74, 6) is 2.32. The molecule has 2 aromatic rings. The molecule has 0 aromatic heterocycles. The second-order valence-electron chi connectivity index (χ2n) is 4.91. The molecule has 0 spiro atoms. The fraction of sp³-hybridized carbons (Fsp3) is 0.278. The number of rotatable bonds is 7. The van der Waals surface area contributed by atoms with Crippen LogP contribution in [0.5, 0.6) is 23.0 Å². The fourth-order valence-electron chi connectivity index (χ4n) is 2.19. The van der Waals surface area contributed by atoms with Crippen LogP contribution in [-0.4, -0.2) is 27.1 Å². The Morgan fingerprint density at radius 3 is 2.13 bits per heavy atom. The molecule has 5 heteroatoms. The molecule has 0 N–H and O–H groups in total. The first kappa shape index (κ1) is 16.7. The number of ether oxygens (including phenoxy) is 4. The molecular weight excluding hydrogens is 296 g/mol. The molecule has 2 rings (SSSR count). The maximum absolute atomic E-state index is 11.4. The minimum absolute atomic E-state index is 0.00300. The van der Waals surface area contributed by atoms with E-state index in [1.807, 2.05) is 18.2 Å². The van der Waals surface area contributed by atoms with Gasteiger partial charge in [0, 0.05) is 5.56 Å². The van der Waals surface area contributed by atoms with Gasteiger partial charge in [0.05, 0.1) is 21.3 Å². The van der Waals surface area contributed by atoms with Gasteiger partial charge in [-0.25, -0.2) is 0 Å². The number of methoxy groups -OCH3 is 3. The minimum Gasteiger partial charge on any atom is -0.493 e. The minimum atomic E-state index is 0.00300. The molecule has 0 radical (unpaired) electrons. The number of carbonyl (C=O) groups is 1. The highest BCUT2D eigenvalue weighted by molar-refractivity contribution is 5.94. The fourth-order valence-corrected chi connectivity index (χ4v) is 2.19. The first-order valence-electron chi connectivity index (χ1n) is 7.11. The maximum atomic E-state index is 11.4. The molecule has 0 saturated carbocycles. The van der Waals surface area contributed by atoms with Gasteiger partial charge in [-0.1, -0.05) is 12.1 Å². The topological polar surface area (TPSA) is 54.0 Å². The molecule has 2 aromatic carbocycles. The molecule has 0 amide bonds. The van der Waals surface area contributed by atoms with Crippen LogP contribution in [0.1, 0.15) is 22.8 Å². The average Bonchev–Trinajstić information content (AvgIpc) is 2.59. The Morgan fingerprint density at radius 2 is 1.61 bits per heavy atom. The predicted molar refractivity (Wildman–Crippen MR) is 86.9 cm³/mol. The van der Waals surface area contributed by atoms with Gasteiger partial charge in [-0.05, 0) is 36.8 Å². The number of hydrogen-bond donors (Lipinski definition) is 0. The zero-order valence-corrected chi connectivity index (χ0v) is 13.7. The number of benzene rings is 2. The molecule has 0 aliphatic heterocycles. The van der Waals surface area contributed by atoms with Crippen LogP contribution >= 0.6 is 0 Å². The zero-order chi connectivity index (χ0) is 16.8. The lowest BCUT2D eigenvalue weighted by Crippen LogP contribution is -2.01. The van der Waals surface area contributed by atoms with Crippen LogP contribution in [0.15, 0.2) is 36.4 Å². The average molecular weight is 316 g/mol. The van der Waals surface area contributed by atoms with Crippen molar-refractivity contribution in [1.82, 2.24) is 0 Å². The van der Waals surface area contributed by atoms with Gasteiger partial charge in [0.15, 0.2) is 17.3 Å². The van der Waals surface area contributed by atoms with Crippen molar-refractivity contribution in [3.8, 4) is 23.0 Å². The van der Waals surface area contributed by atoms with Crippen LogP contribution in [-0.2, 0) is 6.61 Å². The Hall–Kier alpha value is -2.69. The number of Topliss-reactive ketones (excluding diaryl/α,β-unsaturated/α-hetero) is 1. The lowest BCUT2D eigenvalue weighted by molar-refractivity contribution is 0.101. The van der Waals surface area contributed by atoms with Gasteiger partial charge in [-0.2, -0.15) is 0 Å². The molecule has 0 atom stereocenters. The Labute approximate surface area is 135 Å². The van der Waals surface area contributed by atoms with Crippen LogP contribution in [0.2, 0.25) is 0 Å². The highest BCUT2D eigenvalue weighted by Gasteiger charge is 2.13. The van der Waals surface area contributed by atoms with Crippen molar-refractivity contribution in [2.45, 2.75) is 13.5 Å². The summed E-state index contributed by atoms with van der Waals surface area (Å²) in [5, 5.41) is 0. The molecule has 0 bridgehead atoms. The third-order valence-electron chi connectivity index (χ3n) is 3.37. The smallest absolute Gasteiger partial charge is 0.203 e. The largest absolute Gasteiger partial charge is 0.493 e. The summed E-state index contributed by atoms with van der Waals surface area (Å²) in [7, 11) is 4.69. The number of hydrogen-bond acceptors (Lipinski definition) is 5. The quantitative estimate of drug-likeness (QED) is 0.732. The van der Waals surface area contributed by atoms with E-state index >= 15 is 0 Å². The van der Waals surface area contributed by atoms with Gasteiger partial charge in [0.1, 0.15) is 12.4 Å². The van der Waals surface area contributed by atoms with Gasteiger partial charge in [0.25, 0.3) is 0 Å². The Bertz CT molecular complexity index is 669. The molecule has 0 fully saturated rings. The van der Waals surface area contributed by atoms with E-state index in [-0.39, 0.29) is 5.78 Å². The van der Waals surface area contributed by atoms with E-state index in [1.165, 1.54) is 6.92 Å². The Morgan fingerprint density at radius 1 is 0.957 bits per heavy atom. The van der Waals surface area contributed by atoms with Crippen LogP contribution in [0.25, 0.3) is 0 Å². The molecule has 23 heavy (non-hydrogen) atoms. The van der Waals surface area contributed by atoms with E-state index in [0.717, 1.165) is 5.56 Å². The van der Waals surface area contributed by atoms with E-state index in [4.69, 9.17) is 18.9 Å². The first-order chi connectivity index (χ1) is 11.1. The summed E-state index contributed by atoms with van der Waals surface area (Å²) in [6.45, 7) is 1.84. The molecule has 0 saturated heterocycles. The van der Waals surface area contributed by atoms with Crippen molar-refractivity contribution in [1.29, 1.82) is 0 Å². The summed E-state index contributed by atoms with van der Waals surface area (Å²) in [6, 6.07) is 10.7. The van der Waals surface area contributed by atoms with Crippen molar-refractivity contribution < 1.29 is 23.7 Å². The highest BCUT2D eigenvalue weighted by Crippen LogP contribution is 2.38. The van der Waals surface area contributed by atoms with E-state index in [2.05, 4.69) is 0 Å². The third kappa shape index (κ3) is 3.94. The second kappa shape index (κ2) is 7.54. The Balaban J connectivity index is 2.20. The second-order valence-corrected chi connectivity index (χ2v) is 4.91. The van der Waals surface area contributed by atoms with Crippen molar-refractivity contribution in [2.75, 3.05) is 21.3 Å². The van der Waals surface area contributed by atoms with Crippen LogP contribution in [0.3, 0.4) is 0 Å². The third-order valence-corrected chi connectivity index (χ3v) is 3.37. The van der Waals surface area contributed by atoms with Crippen molar-refractivity contribution in [3.63, 3.8) is 0 Å². The van der Waals surface area contributed by atoms with Crippen LogP contribution in [0, 0.1) is 0 Å². The SMILES string of the molecule is COc1cc(COc2cccc(C(C)=O)c2)cc(OC)c1OC. The summed E-state index contributed by atoms with van der Waals surface area (Å²) in [6.07, 6.45) is 0. The molecule has 0 heterocycles. The monoisotopic (exact) mass is 316 g/mol. The first-order valence-corrected chi connectivity index (χ1v) is 7.11. The predicted octanol–water partition coefficient (Wildman–Crippen LogP) is 3.49. The van der Waals surface area contributed by atoms with Gasteiger partial charge in [-0.3, -0.25) is 4.79 Å². The normalized spacial score (nSPS) is 10.1. The summed E-state index contributed by atoms with van der Waals surface area (Å²) >= 11 is 0. The van der Waals surface area contributed by atoms with Crippen molar-refractivity contribution in [2.24, 2.45) is 0 Å². The summed E-state index contributed by atoms with van der Waals surface area (Å²) in [5.41, 5.74) is 1.49. The standard InChI is InChI=1S/C18H20O5/c1-12(19)14-6-5-7-15(10-14)23-11-13-8-16(20-2)18(22-4)17(9-13)21-3/h5-10H,11H2,1-4H3.